The highest BCUT2D eigenvalue weighted by Gasteiger charge is 2.30. The summed E-state index contributed by atoms with van der Waals surface area (Å²) in [5, 5.41) is 13.8. The van der Waals surface area contributed by atoms with Crippen molar-refractivity contribution in [2.75, 3.05) is 55.6 Å². The SMILES string of the molecule is Cc1cc(C)c(C(=O)N2CCN(c3ccnn3C)C[C@@H]2C)cc1CN1CCN(c2ccccc2C#N)CC1. The van der Waals surface area contributed by atoms with Gasteiger partial charge in [-0.05, 0) is 55.7 Å². The molecule has 3 heterocycles. The van der Waals surface area contributed by atoms with Crippen molar-refractivity contribution in [3.05, 3.63) is 76.5 Å². The first-order valence-electron chi connectivity index (χ1n) is 13.5. The number of hydrogen-bond acceptors (Lipinski definition) is 6. The molecular formula is C30H37N7O. The number of nitriles is 1. The maximum Gasteiger partial charge on any atom is 0.254 e. The summed E-state index contributed by atoms with van der Waals surface area (Å²) in [6.45, 7) is 13.0. The van der Waals surface area contributed by atoms with Crippen LogP contribution >= 0.6 is 0 Å². The number of hydrogen-bond donors (Lipinski definition) is 0. The van der Waals surface area contributed by atoms with Crippen LogP contribution in [0.4, 0.5) is 11.5 Å². The zero-order valence-corrected chi connectivity index (χ0v) is 22.9. The van der Waals surface area contributed by atoms with E-state index in [2.05, 4.69) is 51.8 Å². The van der Waals surface area contributed by atoms with Crippen molar-refractivity contribution in [3.63, 3.8) is 0 Å². The van der Waals surface area contributed by atoms with Gasteiger partial charge in [0.1, 0.15) is 11.9 Å². The second-order valence-corrected chi connectivity index (χ2v) is 10.6. The van der Waals surface area contributed by atoms with Gasteiger partial charge in [-0.1, -0.05) is 18.2 Å². The van der Waals surface area contributed by atoms with Gasteiger partial charge in [-0.3, -0.25) is 14.4 Å². The smallest absolute Gasteiger partial charge is 0.254 e. The fraction of sp³-hybridized carbons (Fsp3) is 0.433. The van der Waals surface area contributed by atoms with Crippen molar-refractivity contribution in [1.82, 2.24) is 19.6 Å². The number of nitrogens with zero attached hydrogens (tertiary/aromatic N) is 7. The fourth-order valence-electron chi connectivity index (χ4n) is 5.83. The Bertz CT molecular complexity index is 1350. The van der Waals surface area contributed by atoms with E-state index in [0.29, 0.717) is 6.54 Å². The van der Waals surface area contributed by atoms with Gasteiger partial charge in [-0.25, -0.2) is 0 Å². The quantitative estimate of drug-likeness (QED) is 0.522. The first-order valence-corrected chi connectivity index (χ1v) is 13.5. The van der Waals surface area contributed by atoms with Crippen LogP contribution in [0.25, 0.3) is 0 Å². The lowest BCUT2D eigenvalue weighted by molar-refractivity contribution is 0.0672. The third kappa shape index (κ3) is 5.11. The van der Waals surface area contributed by atoms with Crippen molar-refractivity contribution in [1.29, 1.82) is 5.26 Å². The molecule has 3 aromatic rings. The van der Waals surface area contributed by atoms with Gasteiger partial charge in [0.25, 0.3) is 5.91 Å². The number of anilines is 2. The molecular weight excluding hydrogens is 474 g/mol. The molecule has 8 heteroatoms. The Balaban J connectivity index is 1.25. The first-order chi connectivity index (χ1) is 18.4. The van der Waals surface area contributed by atoms with Crippen LogP contribution in [0.5, 0.6) is 0 Å². The molecule has 1 aromatic heterocycles. The number of aromatic nitrogens is 2. The number of benzene rings is 2. The van der Waals surface area contributed by atoms with Crippen LogP contribution in [0.1, 0.15) is 39.5 Å². The van der Waals surface area contributed by atoms with E-state index < -0.39 is 0 Å². The summed E-state index contributed by atoms with van der Waals surface area (Å²) in [4.78, 5) is 22.8. The molecule has 0 N–H and O–H groups in total. The highest BCUT2D eigenvalue weighted by Crippen LogP contribution is 2.25. The number of para-hydroxylation sites is 1. The lowest BCUT2D eigenvalue weighted by atomic mass is 9.97. The number of amides is 1. The average Bonchev–Trinajstić information content (AvgIpc) is 3.36. The average molecular weight is 512 g/mol. The van der Waals surface area contributed by atoms with Crippen LogP contribution < -0.4 is 9.80 Å². The molecule has 0 unspecified atom stereocenters. The minimum atomic E-state index is 0.111. The molecule has 0 aliphatic carbocycles. The monoisotopic (exact) mass is 511 g/mol. The van der Waals surface area contributed by atoms with Gasteiger partial charge in [0.05, 0.1) is 17.4 Å². The molecule has 2 saturated heterocycles. The van der Waals surface area contributed by atoms with Gasteiger partial charge in [-0.2, -0.15) is 10.4 Å². The molecule has 5 rings (SSSR count). The minimum Gasteiger partial charge on any atom is -0.368 e. The number of carbonyl (C=O) groups is 1. The van der Waals surface area contributed by atoms with E-state index in [0.717, 1.165) is 74.0 Å². The molecule has 0 radical (unpaired) electrons. The summed E-state index contributed by atoms with van der Waals surface area (Å²) in [6, 6.07) is 16.6. The van der Waals surface area contributed by atoms with Gasteiger partial charge < -0.3 is 14.7 Å². The molecule has 0 bridgehead atoms. The summed E-state index contributed by atoms with van der Waals surface area (Å²) >= 11 is 0. The summed E-state index contributed by atoms with van der Waals surface area (Å²) in [5.74, 6) is 1.22. The highest BCUT2D eigenvalue weighted by molar-refractivity contribution is 5.96. The zero-order valence-electron chi connectivity index (χ0n) is 22.9. The van der Waals surface area contributed by atoms with Crippen LogP contribution in [0, 0.1) is 25.2 Å². The third-order valence-electron chi connectivity index (χ3n) is 8.05. The topological polar surface area (TPSA) is 71.6 Å². The van der Waals surface area contributed by atoms with Crippen molar-refractivity contribution in [2.45, 2.75) is 33.4 Å². The van der Waals surface area contributed by atoms with E-state index in [1.807, 2.05) is 60.1 Å². The first kappa shape index (κ1) is 25.8. The summed E-state index contributed by atoms with van der Waals surface area (Å²) in [7, 11) is 1.96. The standard InChI is InChI=1S/C30H37N7O/c1-22-17-23(2)27(30(38)37-16-15-36(20-24(37)3)29-9-10-32-33(29)4)18-26(22)21-34-11-13-35(14-12-34)28-8-6-5-7-25(28)19-31/h5-10,17-18,24H,11-16,20-21H2,1-4H3/t24-/m0/s1. The molecule has 198 valence electrons. The Morgan fingerprint density at radius 3 is 2.42 bits per heavy atom. The van der Waals surface area contributed by atoms with Gasteiger partial charge in [-0.15, -0.1) is 0 Å². The van der Waals surface area contributed by atoms with E-state index in [-0.39, 0.29) is 11.9 Å². The molecule has 8 nitrogen and oxygen atoms in total. The van der Waals surface area contributed by atoms with E-state index in [9.17, 15) is 10.1 Å². The Labute approximate surface area is 225 Å². The van der Waals surface area contributed by atoms with Crippen molar-refractivity contribution >= 4 is 17.4 Å². The molecule has 2 aliphatic heterocycles. The number of rotatable bonds is 5. The normalized spacial score (nSPS) is 18.5. The van der Waals surface area contributed by atoms with Crippen LogP contribution in [-0.2, 0) is 13.6 Å². The number of carbonyl (C=O) groups excluding carboxylic acids is 1. The van der Waals surface area contributed by atoms with Crippen molar-refractivity contribution < 1.29 is 4.79 Å². The molecule has 1 atom stereocenters. The summed E-state index contributed by atoms with van der Waals surface area (Å²) in [5.41, 5.74) is 6.04. The second kappa shape index (κ2) is 10.9. The van der Waals surface area contributed by atoms with Gasteiger partial charge in [0, 0.05) is 77.1 Å². The highest BCUT2D eigenvalue weighted by atomic mass is 16.2. The minimum absolute atomic E-state index is 0.111. The maximum absolute atomic E-state index is 13.8. The second-order valence-electron chi connectivity index (χ2n) is 10.6. The summed E-state index contributed by atoms with van der Waals surface area (Å²) < 4.78 is 1.89. The van der Waals surface area contributed by atoms with Gasteiger partial charge in [0.15, 0.2) is 0 Å². The largest absolute Gasteiger partial charge is 0.368 e. The fourth-order valence-corrected chi connectivity index (χ4v) is 5.83. The lowest BCUT2D eigenvalue weighted by Crippen LogP contribution is -2.54. The molecule has 0 spiro atoms. The van der Waals surface area contributed by atoms with Gasteiger partial charge in [0.2, 0.25) is 0 Å². The van der Waals surface area contributed by atoms with E-state index in [1.54, 1.807) is 0 Å². The van der Waals surface area contributed by atoms with E-state index in [1.165, 1.54) is 11.1 Å². The third-order valence-corrected chi connectivity index (χ3v) is 8.05. The predicted octanol–water partition coefficient (Wildman–Crippen LogP) is 3.58. The maximum atomic E-state index is 13.8. The molecule has 38 heavy (non-hydrogen) atoms. The van der Waals surface area contributed by atoms with E-state index >= 15 is 0 Å². The Kier molecular flexibility index (Phi) is 7.39. The van der Waals surface area contributed by atoms with Crippen LogP contribution in [-0.4, -0.2) is 77.3 Å². The van der Waals surface area contributed by atoms with Gasteiger partial charge >= 0.3 is 0 Å². The molecule has 0 saturated carbocycles. The Hall–Kier alpha value is -3.83. The number of piperazine rings is 2. The molecule has 2 fully saturated rings. The molecule has 2 aliphatic rings. The van der Waals surface area contributed by atoms with Crippen molar-refractivity contribution in [2.24, 2.45) is 7.05 Å². The molecule has 1 amide bonds. The van der Waals surface area contributed by atoms with Crippen molar-refractivity contribution in [3.8, 4) is 6.07 Å². The Morgan fingerprint density at radius 1 is 1.00 bits per heavy atom. The zero-order chi connectivity index (χ0) is 26.8. The van der Waals surface area contributed by atoms with Crippen LogP contribution in [0.2, 0.25) is 0 Å². The Morgan fingerprint density at radius 2 is 1.74 bits per heavy atom. The summed E-state index contributed by atoms with van der Waals surface area (Å²) in [6.07, 6.45) is 1.82. The van der Waals surface area contributed by atoms with Crippen LogP contribution in [0.3, 0.4) is 0 Å². The lowest BCUT2D eigenvalue weighted by Gasteiger charge is -2.41. The molecule has 2 aromatic carbocycles. The predicted molar refractivity (Wildman–Crippen MR) is 150 cm³/mol. The van der Waals surface area contributed by atoms with E-state index in [4.69, 9.17) is 0 Å². The van der Waals surface area contributed by atoms with Crippen LogP contribution in [0.15, 0.2) is 48.7 Å². The number of aryl methyl sites for hydroxylation is 3.